The van der Waals surface area contributed by atoms with Crippen molar-refractivity contribution < 1.29 is 4.74 Å². The highest BCUT2D eigenvalue weighted by Gasteiger charge is 2.53. The Hall–Kier alpha value is -0.550. The Kier molecular flexibility index (Phi) is 1.61. The first kappa shape index (κ1) is 7.12. The highest BCUT2D eigenvalue weighted by Crippen LogP contribution is 2.58. The van der Waals surface area contributed by atoms with E-state index in [1.54, 1.807) is 0 Å². The van der Waals surface area contributed by atoms with Crippen LogP contribution in [-0.4, -0.2) is 13.2 Å². The van der Waals surface area contributed by atoms with Gasteiger partial charge in [0.2, 0.25) is 0 Å². The van der Waals surface area contributed by atoms with E-state index in [-0.39, 0.29) is 0 Å². The summed E-state index contributed by atoms with van der Waals surface area (Å²) in [5.41, 5.74) is 0.394. The van der Waals surface area contributed by atoms with Crippen LogP contribution in [0.1, 0.15) is 25.7 Å². The molecule has 1 saturated heterocycles. The van der Waals surface area contributed by atoms with Crippen LogP contribution in [0.2, 0.25) is 0 Å². The van der Waals surface area contributed by atoms with Crippen LogP contribution in [0.25, 0.3) is 0 Å². The Balaban J connectivity index is 1.98. The van der Waals surface area contributed by atoms with E-state index in [9.17, 15) is 0 Å². The monoisotopic (exact) mass is 151 g/mol. The minimum Gasteiger partial charge on any atom is -0.381 e. The first-order valence-electron chi connectivity index (χ1n) is 4.35. The molecule has 1 aliphatic heterocycles. The molecule has 1 saturated carbocycles. The van der Waals surface area contributed by atoms with E-state index < -0.39 is 0 Å². The average Bonchev–Trinajstić information content (AvgIpc) is 2.76. The second-order valence-electron chi connectivity index (χ2n) is 3.71. The third-order valence-corrected chi connectivity index (χ3v) is 3.05. The summed E-state index contributed by atoms with van der Waals surface area (Å²) in [4.78, 5) is 0. The molecule has 0 aromatic heterocycles. The molecular weight excluding hydrogens is 138 g/mol. The molecule has 1 heterocycles. The molecule has 0 radical (unpaired) electrons. The molecule has 1 spiro atoms. The van der Waals surface area contributed by atoms with Gasteiger partial charge < -0.3 is 4.74 Å². The summed E-state index contributed by atoms with van der Waals surface area (Å²) in [5, 5.41) is 8.72. The lowest BCUT2D eigenvalue weighted by molar-refractivity contribution is 0.140. The van der Waals surface area contributed by atoms with Gasteiger partial charge in [0.1, 0.15) is 0 Å². The molecule has 1 aliphatic carbocycles. The minimum atomic E-state index is 0.351. The number of rotatable bonds is 0. The molecule has 2 heteroatoms. The van der Waals surface area contributed by atoms with Crippen LogP contribution in [-0.2, 0) is 4.74 Å². The molecule has 0 amide bonds. The van der Waals surface area contributed by atoms with Crippen molar-refractivity contribution >= 4 is 0 Å². The SMILES string of the molecule is N#CC1CC12CCCOCC2. The van der Waals surface area contributed by atoms with Crippen molar-refractivity contribution in [1.29, 1.82) is 5.26 Å². The number of ether oxygens (including phenoxy) is 1. The molecule has 2 fully saturated rings. The summed E-state index contributed by atoms with van der Waals surface area (Å²) in [5.74, 6) is 0.351. The van der Waals surface area contributed by atoms with Crippen LogP contribution in [0.15, 0.2) is 0 Å². The van der Waals surface area contributed by atoms with E-state index in [1.807, 2.05) is 0 Å². The summed E-state index contributed by atoms with van der Waals surface area (Å²) < 4.78 is 5.35. The van der Waals surface area contributed by atoms with Gasteiger partial charge in [0, 0.05) is 13.2 Å². The van der Waals surface area contributed by atoms with Crippen LogP contribution >= 0.6 is 0 Å². The van der Waals surface area contributed by atoms with Crippen molar-refractivity contribution in [3.05, 3.63) is 0 Å². The fourth-order valence-electron chi connectivity index (χ4n) is 2.11. The summed E-state index contributed by atoms with van der Waals surface area (Å²) in [6, 6.07) is 2.37. The Labute approximate surface area is 67.2 Å². The zero-order chi connectivity index (χ0) is 7.73. The molecule has 2 atom stereocenters. The van der Waals surface area contributed by atoms with Crippen LogP contribution in [0.3, 0.4) is 0 Å². The predicted molar refractivity (Wildman–Crippen MR) is 40.8 cm³/mol. The quantitative estimate of drug-likeness (QED) is 0.528. The van der Waals surface area contributed by atoms with E-state index in [2.05, 4.69) is 6.07 Å². The third kappa shape index (κ3) is 1.14. The fourth-order valence-corrected chi connectivity index (χ4v) is 2.11. The molecule has 0 bridgehead atoms. The number of nitrogens with zero attached hydrogens (tertiary/aromatic N) is 1. The Morgan fingerprint density at radius 1 is 1.36 bits per heavy atom. The van der Waals surface area contributed by atoms with Gasteiger partial charge in [-0.25, -0.2) is 0 Å². The average molecular weight is 151 g/mol. The summed E-state index contributed by atoms with van der Waals surface area (Å²) in [6.45, 7) is 1.78. The lowest BCUT2D eigenvalue weighted by Crippen LogP contribution is -2.03. The maximum absolute atomic E-state index is 8.72. The standard InChI is InChI=1S/C9H13NO/c10-7-8-6-9(8)2-1-4-11-5-3-9/h8H,1-6H2. The molecule has 60 valence electrons. The van der Waals surface area contributed by atoms with Crippen LogP contribution < -0.4 is 0 Å². The molecule has 0 aromatic rings. The summed E-state index contributed by atoms with van der Waals surface area (Å²) in [7, 11) is 0. The molecule has 0 N–H and O–H groups in total. The van der Waals surface area contributed by atoms with E-state index >= 15 is 0 Å². The third-order valence-electron chi connectivity index (χ3n) is 3.05. The van der Waals surface area contributed by atoms with Crippen molar-refractivity contribution in [2.24, 2.45) is 11.3 Å². The Morgan fingerprint density at radius 2 is 2.27 bits per heavy atom. The van der Waals surface area contributed by atoms with Crippen molar-refractivity contribution in [1.82, 2.24) is 0 Å². The van der Waals surface area contributed by atoms with Crippen molar-refractivity contribution in [3.8, 4) is 6.07 Å². The number of nitriles is 1. The van der Waals surface area contributed by atoms with E-state index in [1.165, 1.54) is 6.42 Å². The van der Waals surface area contributed by atoms with Gasteiger partial charge in [-0.05, 0) is 31.1 Å². The van der Waals surface area contributed by atoms with Crippen molar-refractivity contribution in [2.45, 2.75) is 25.7 Å². The number of hydrogen-bond donors (Lipinski definition) is 0. The molecule has 0 aromatic carbocycles. The van der Waals surface area contributed by atoms with Gasteiger partial charge in [-0.3, -0.25) is 0 Å². The normalized spacial score (nSPS) is 43.0. The molecular formula is C9H13NO. The minimum absolute atomic E-state index is 0.351. The van der Waals surface area contributed by atoms with Gasteiger partial charge in [0.25, 0.3) is 0 Å². The lowest BCUT2D eigenvalue weighted by atomic mass is 9.95. The Bertz CT molecular complexity index is 186. The zero-order valence-electron chi connectivity index (χ0n) is 6.68. The first-order chi connectivity index (χ1) is 5.37. The van der Waals surface area contributed by atoms with Crippen LogP contribution in [0, 0.1) is 22.7 Å². The van der Waals surface area contributed by atoms with E-state index in [4.69, 9.17) is 10.00 Å². The first-order valence-corrected chi connectivity index (χ1v) is 4.35. The van der Waals surface area contributed by atoms with E-state index in [0.717, 1.165) is 32.5 Å². The van der Waals surface area contributed by atoms with Gasteiger partial charge in [0.05, 0.1) is 12.0 Å². The molecule has 2 rings (SSSR count). The van der Waals surface area contributed by atoms with Gasteiger partial charge in [-0.2, -0.15) is 5.26 Å². The summed E-state index contributed by atoms with van der Waals surface area (Å²) in [6.07, 6.45) is 4.61. The van der Waals surface area contributed by atoms with Crippen molar-refractivity contribution in [2.75, 3.05) is 13.2 Å². The largest absolute Gasteiger partial charge is 0.381 e. The van der Waals surface area contributed by atoms with E-state index in [0.29, 0.717) is 11.3 Å². The summed E-state index contributed by atoms with van der Waals surface area (Å²) >= 11 is 0. The molecule has 2 nitrogen and oxygen atoms in total. The van der Waals surface area contributed by atoms with Gasteiger partial charge in [0.15, 0.2) is 0 Å². The fraction of sp³-hybridized carbons (Fsp3) is 0.889. The molecule has 11 heavy (non-hydrogen) atoms. The number of hydrogen-bond acceptors (Lipinski definition) is 2. The topological polar surface area (TPSA) is 33.0 Å². The maximum Gasteiger partial charge on any atom is 0.0661 e. The van der Waals surface area contributed by atoms with Gasteiger partial charge in [-0.15, -0.1) is 0 Å². The highest BCUT2D eigenvalue weighted by molar-refractivity contribution is 5.12. The predicted octanol–water partition coefficient (Wildman–Crippen LogP) is 1.72. The Morgan fingerprint density at radius 3 is 3.00 bits per heavy atom. The van der Waals surface area contributed by atoms with Crippen LogP contribution in [0.4, 0.5) is 0 Å². The van der Waals surface area contributed by atoms with Crippen LogP contribution in [0.5, 0.6) is 0 Å². The van der Waals surface area contributed by atoms with Gasteiger partial charge in [-0.1, -0.05) is 0 Å². The zero-order valence-corrected chi connectivity index (χ0v) is 6.68. The smallest absolute Gasteiger partial charge is 0.0661 e. The lowest BCUT2D eigenvalue weighted by Gasteiger charge is -2.08. The second kappa shape index (κ2) is 2.49. The highest BCUT2D eigenvalue weighted by atomic mass is 16.5. The van der Waals surface area contributed by atoms with Gasteiger partial charge >= 0.3 is 0 Å². The second-order valence-corrected chi connectivity index (χ2v) is 3.71. The van der Waals surface area contributed by atoms with Crippen molar-refractivity contribution in [3.63, 3.8) is 0 Å². The maximum atomic E-state index is 8.72. The molecule has 2 unspecified atom stereocenters. The molecule has 2 aliphatic rings.